The van der Waals surface area contributed by atoms with Gasteiger partial charge in [-0.15, -0.1) is 0 Å². The normalized spacial score (nSPS) is 15.2. The molecule has 0 bridgehead atoms. The van der Waals surface area contributed by atoms with Crippen LogP contribution in [0.25, 0.3) is 11.2 Å². The van der Waals surface area contributed by atoms with Crippen molar-refractivity contribution >= 4 is 33.0 Å². The Hall–Kier alpha value is -1.92. The molecule has 0 aliphatic carbocycles. The molecule has 1 fully saturated rings. The zero-order valence-electron chi connectivity index (χ0n) is 13.9. The molecule has 0 amide bonds. The van der Waals surface area contributed by atoms with Gasteiger partial charge in [-0.3, -0.25) is 0 Å². The van der Waals surface area contributed by atoms with Crippen LogP contribution in [0.1, 0.15) is 5.56 Å². The fraction of sp³-hybridized carbons (Fsp3) is 0.333. The molecular formula is C18H20BrN5. The number of anilines is 1. The van der Waals surface area contributed by atoms with Crippen LogP contribution in [-0.4, -0.2) is 52.7 Å². The molecule has 1 aliphatic heterocycles. The van der Waals surface area contributed by atoms with Crippen molar-refractivity contribution in [2.75, 3.05) is 32.1 Å². The smallest absolute Gasteiger partial charge is 0.208 e. The van der Waals surface area contributed by atoms with E-state index in [0.29, 0.717) is 6.04 Å². The molecule has 2 aromatic heterocycles. The van der Waals surface area contributed by atoms with Crippen molar-refractivity contribution in [1.29, 1.82) is 0 Å². The quantitative estimate of drug-likeness (QED) is 0.691. The highest BCUT2D eigenvalue weighted by Gasteiger charge is 2.32. The van der Waals surface area contributed by atoms with Gasteiger partial charge >= 0.3 is 0 Å². The largest absolute Gasteiger partial charge is 0.339 e. The molecule has 1 aromatic carbocycles. The average molecular weight is 386 g/mol. The first-order valence-corrected chi connectivity index (χ1v) is 8.88. The van der Waals surface area contributed by atoms with Crippen LogP contribution in [0.4, 0.5) is 5.95 Å². The summed E-state index contributed by atoms with van der Waals surface area (Å²) in [6, 6.07) is 13.2. The molecule has 3 aromatic rings. The van der Waals surface area contributed by atoms with Crippen molar-refractivity contribution in [2.24, 2.45) is 0 Å². The van der Waals surface area contributed by atoms with Crippen LogP contribution < -0.4 is 4.90 Å². The third kappa shape index (κ3) is 2.80. The summed E-state index contributed by atoms with van der Waals surface area (Å²) in [6.07, 6.45) is 1.81. The molecule has 0 atom stereocenters. The zero-order chi connectivity index (χ0) is 16.7. The van der Waals surface area contributed by atoms with Gasteiger partial charge in [0.15, 0.2) is 5.65 Å². The van der Waals surface area contributed by atoms with Crippen molar-refractivity contribution < 1.29 is 0 Å². The second-order valence-corrected chi connectivity index (χ2v) is 7.42. The van der Waals surface area contributed by atoms with Gasteiger partial charge in [0.2, 0.25) is 5.95 Å². The maximum Gasteiger partial charge on any atom is 0.208 e. The molecular weight excluding hydrogens is 366 g/mol. The Morgan fingerprint density at radius 1 is 1.21 bits per heavy atom. The summed E-state index contributed by atoms with van der Waals surface area (Å²) in [6.45, 7) is 2.81. The van der Waals surface area contributed by atoms with Gasteiger partial charge in [0, 0.05) is 29.8 Å². The fourth-order valence-corrected chi connectivity index (χ4v) is 3.40. The van der Waals surface area contributed by atoms with Gasteiger partial charge in [0.05, 0.1) is 12.1 Å². The summed E-state index contributed by atoms with van der Waals surface area (Å²) in [5, 5.41) is 0. The SMILES string of the molecule is CN(C)C1CN(c2nc3ncc(Br)cc3n2Cc2ccccc2)C1. The van der Waals surface area contributed by atoms with Gasteiger partial charge in [-0.2, -0.15) is 4.98 Å². The molecule has 0 radical (unpaired) electrons. The predicted molar refractivity (Wildman–Crippen MR) is 100 cm³/mol. The molecule has 1 aliphatic rings. The molecule has 1 saturated heterocycles. The van der Waals surface area contributed by atoms with E-state index in [2.05, 4.69) is 79.7 Å². The van der Waals surface area contributed by atoms with E-state index in [1.165, 1.54) is 5.56 Å². The topological polar surface area (TPSA) is 37.2 Å². The van der Waals surface area contributed by atoms with Gasteiger partial charge in [0.25, 0.3) is 0 Å². The van der Waals surface area contributed by atoms with E-state index in [0.717, 1.165) is 41.2 Å². The highest BCUT2D eigenvalue weighted by Crippen LogP contribution is 2.28. The van der Waals surface area contributed by atoms with Crippen LogP contribution >= 0.6 is 15.9 Å². The minimum absolute atomic E-state index is 0.592. The van der Waals surface area contributed by atoms with Crippen LogP contribution in [0.2, 0.25) is 0 Å². The van der Waals surface area contributed by atoms with Crippen molar-refractivity contribution in [1.82, 2.24) is 19.4 Å². The first-order chi connectivity index (χ1) is 11.6. The number of nitrogens with zero attached hydrogens (tertiary/aromatic N) is 5. The monoisotopic (exact) mass is 385 g/mol. The first kappa shape index (κ1) is 15.6. The number of fused-ring (bicyclic) bond motifs is 1. The van der Waals surface area contributed by atoms with E-state index in [9.17, 15) is 0 Å². The van der Waals surface area contributed by atoms with E-state index in [1.54, 1.807) is 0 Å². The summed E-state index contributed by atoms with van der Waals surface area (Å²) >= 11 is 3.53. The predicted octanol–water partition coefficient (Wildman–Crippen LogP) is 2.99. The molecule has 24 heavy (non-hydrogen) atoms. The van der Waals surface area contributed by atoms with Gasteiger partial charge in [0.1, 0.15) is 0 Å². The number of imidazole rings is 1. The van der Waals surface area contributed by atoms with Crippen LogP contribution in [0, 0.1) is 0 Å². The van der Waals surface area contributed by atoms with Crippen molar-refractivity contribution in [3.8, 4) is 0 Å². The minimum Gasteiger partial charge on any atom is -0.339 e. The van der Waals surface area contributed by atoms with Gasteiger partial charge in [-0.1, -0.05) is 30.3 Å². The number of hydrogen-bond acceptors (Lipinski definition) is 4. The molecule has 6 heteroatoms. The Morgan fingerprint density at radius 2 is 1.96 bits per heavy atom. The lowest BCUT2D eigenvalue weighted by Gasteiger charge is -2.43. The summed E-state index contributed by atoms with van der Waals surface area (Å²) in [4.78, 5) is 13.9. The average Bonchev–Trinajstić information content (AvgIpc) is 2.84. The van der Waals surface area contributed by atoms with E-state index < -0.39 is 0 Å². The van der Waals surface area contributed by atoms with Crippen LogP contribution in [0.5, 0.6) is 0 Å². The van der Waals surface area contributed by atoms with Crippen molar-refractivity contribution in [3.05, 3.63) is 52.6 Å². The molecule has 0 unspecified atom stereocenters. The number of pyridine rings is 1. The molecule has 0 saturated carbocycles. The number of benzene rings is 1. The molecule has 4 rings (SSSR count). The Labute approximate surface area is 150 Å². The van der Waals surface area contributed by atoms with Gasteiger partial charge in [-0.25, -0.2) is 4.98 Å². The number of aromatic nitrogens is 3. The second-order valence-electron chi connectivity index (χ2n) is 6.50. The van der Waals surface area contributed by atoms with E-state index in [1.807, 2.05) is 12.3 Å². The number of likely N-dealkylation sites (N-methyl/N-ethyl adjacent to an activating group) is 1. The highest BCUT2D eigenvalue weighted by atomic mass is 79.9. The van der Waals surface area contributed by atoms with Gasteiger partial charge < -0.3 is 14.4 Å². The standard InChI is InChI=1S/C18H20BrN5/c1-22(2)15-11-23(12-15)18-21-17-16(8-14(19)9-20-17)24(18)10-13-6-4-3-5-7-13/h3-9,15H,10-12H2,1-2H3. The third-order valence-electron chi connectivity index (χ3n) is 4.61. The fourth-order valence-electron chi connectivity index (χ4n) is 3.08. The molecule has 0 N–H and O–H groups in total. The highest BCUT2D eigenvalue weighted by molar-refractivity contribution is 9.10. The summed E-state index contributed by atoms with van der Waals surface area (Å²) in [5.41, 5.74) is 3.14. The lowest BCUT2D eigenvalue weighted by Crippen LogP contribution is -2.58. The lowest BCUT2D eigenvalue weighted by molar-refractivity contribution is 0.244. The van der Waals surface area contributed by atoms with Crippen molar-refractivity contribution in [3.63, 3.8) is 0 Å². The second kappa shape index (κ2) is 6.18. The Kier molecular flexibility index (Phi) is 4.02. The minimum atomic E-state index is 0.592. The Balaban J connectivity index is 1.74. The molecule has 3 heterocycles. The van der Waals surface area contributed by atoms with Crippen LogP contribution in [0.3, 0.4) is 0 Å². The molecule has 5 nitrogen and oxygen atoms in total. The Morgan fingerprint density at radius 3 is 2.67 bits per heavy atom. The lowest BCUT2D eigenvalue weighted by atomic mass is 10.1. The van der Waals surface area contributed by atoms with Crippen LogP contribution in [0.15, 0.2) is 47.1 Å². The molecule has 124 valence electrons. The van der Waals surface area contributed by atoms with Crippen molar-refractivity contribution in [2.45, 2.75) is 12.6 Å². The molecule has 0 spiro atoms. The van der Waals surface area contributed by atoms with E-state index in [-0.39, 0.29) is 0 Å². The van der Waals surface area contributed by atoms with E-state index in [4.69, 9.17) is 4.98 Å². The maximum absolute atomic E-state index is 4.80. The Bertz CT molecular complexity index is 852. The van der Waals surface area contributed by atoms with Gasteiger partial charge in [-0.05, 0) is 41.7 Å². The van der Waals surface area contributed by atoms with Crippen LogP contribution in [-0.2, 0) is 6.54 Å². The maximum atomic E-state index is 4.80. The van der Waals surface area contributed by atoms with E-state index >= 15 is 0 Å². The number of rotatable bonds is 4. The number of halogens is 1. The summed E-state index contributed by atoms with van der Waals surface area (Å²) in [7, 11) is 4.27. The number of hydrogen-bond donors (Lipinski definition) is 0. The first-order valence-electron chi connectivity index (χ1n) is 8.09. The zero-order valence-corrected chi connectivity index (χ0v) is 15.4. The third-order valence-corrected chi connectivity index (χ3v) is 5.04. The summed E-state index contributed by atoms with van der Waals surface area (Å²) < 4.78 is 3.25. The summed E-state index contributed by atoms with van der Waals surface area (Å²) in [5.74, 6) is 1.01.